The number of aryl methyl sites for hydroxylation is 1. The molecule has 1 rings (SSSR count). The van der Waals surface area contributed by atoms with E-state index >= 15 is 0 Å². The van der Waals surface area contributed by atoms with E-state index in [0.717, 1.165) is 5.56 Å². The fraction of sp³-hybridized carbons (Fsp3) is 0.500. The van der Waals surface area contributed by atoms with Crippen LogP contribution in [0.15, 0.2) is 12.3 Å². The highest BCUT2D eigenvalue weighted by molar-refractivity contribution is 6.30. The molecule has 0 amide bonds. The van der Waals surface area contributed by atoms with Gasteiger partial charge in [0.25, 0.3) is 0 Å². The van der Waals surface area contributed by atoms with Crippen molar-refractivity contribution in [2.45, 2.75) is 25.6 Å². The maximum atomic E-state index is 9.80. The molecular weight excluding hydrogens is 218 g/mol. The Kier molecular flexibility index (Phi) is 4.47. The van der Waals surface area contributed by atoms with Crippen LogP contribution in [-0.2, 0) is 0 Å². The van der Waals surface area contributed by atoms with Gasteiger partial charge < -0.3 is 15.3 Å². The van der Waals surface area contributed by atoms with E-state index in [0.29, 0.717) is 5.56 Å². The second kappa shape index (κ2) is 5.42. The summed E-state index contributed by atoms with van der Waals surface area (Å²) in [5, 5.41) is 28.2. The van der Waals surface area contributed by atoms with Crippen LogP contribution in [0.2, 0.25) is 5.15 Å². The van der Waals surface area contributed by atoms with E-state index < -0.39 is 12.2 Å². The van der Waals surface area contributed by atoms with Crippen LogP contribution >= 0.6 is 11.6 Å². The number of hydrogen-bond acceptors (Lipinski definition) is 4. The van der Waals surface area contributed by atoms with Gasteiger partial charge in [-0.25, -0.2) is 4.98 Å². The van der Waals surface area contributed by atoms with Crippen LogP contribution in [0.1, 0.15) is 23.7 Å². The van der Waals surface area contributed by atoms with E-state index in [9.17, 15) is 10.2 Å². The molecule has 2 atom stereocenters. The summed E-state index contributed by atoms with van der Waals surface area (Å²) >= 11 is 5.82. The van der Waals surface area contributed by atoms with Crippen LogP contribution in [0.25, 0.3) is 0 Å². The topological polar surface area (TPSA) is 73.6 Å². The molecule has 15 heavy (non-hydrogen) atoms. The summed E-state index contributed by atoms with van der Waals surface area (Å²) in [7, 11) is 0. The minimum absolute atomic E-state index is 0.103. The van der Waals surface area contributed by atoms with Crippen LogP contribution in [-0.4, -0.2) is 33.0 Å². The molecule has 4 nitrogen and oxygen atoms in total. The van der Waals surface area contributed by atoms with Gasteiger partial charge in [-0.15, -0.1) is 0 Å². The molecule has 1 aromatic rings. The summed E-state index contributed by atoms with van der Waals surface area (Å²) in [5.74, 6) is 0. The Hall–Kier alpha value is -0.680. The van der Waals surface area contributed by atoms with Crippen molar-refractivity contribution in [2.24, 2.45) is 0 Å². The summed E-state index contributed by atoms with van der Waals surface area (Å²) in [6.45, 7) is 1.59. The van der Waals surface area contributed by atoms with Gasteiger partial charge in [0.05, 0.1) is 6.10 Å². The van der Waals surface area contributed by atoms with Crippen LogP contribution in [0.4, 0.5) is 0 Å². The van der Waals surface area contributed by atoms with Gasteiger partial charge in [-0.05, 0) is 25.0 Å². The fourth-order valence-electron chi connectivity index (χ4n) is 1.37. The second-order valence-electron chi connectivity index (χ2n) is 3.36. The smallest absolute Gasteiger partial charge is 0.135 e. The Morgan fingerprint density at radius 1 is 1.47 bits per heavy atom. The third kappa shape index (κ3) is 2.89. The Bertz CT molecular complexity index is 312. The number of nitrogens with zero attached hydrogens (tertiary/aromatic N) is 1. The number of hydrogen-bond donors (Lipinski definition) is 3. The summed E-state index contributed by atoms with van der Waals surface area (Å²) in [6.07, 6.45) is -0.508. The van der Waals surface area contributed by atoms with E-state index in [1.165, 1.54) is 6.20 Å². The third-order valence-electron chi connectivity index (χ3n) is 2.24. The van der Waals surface area contributed by atoms with E-state index in [2.05, 4.69) is 4.98 Å². The molecule has 0 aliphatic heterocycles. The lowest BCUT2D eigenvalue weighted by Gasteiger charge is -2.19. The Morgan fingerprint density at radius 3 is 2.67 bits per heavy atom. The predicted molar refractivity (Wildman–Crippen MR) is 56.7 cm³/mol. The van der Waals surface area contributed by atoms with Gasteiger partial charge in [0.15, 0.2) is 0 Å². The molecule has 0 aromatic carbocycles. The standard InChI is InChI=1S/C10H14ClNO3/c1-6-2-4-12-10(11)8(6)9(15)7(14)3-5-13/h2,4,7,9,13-15H,3,5H2,1H3. The number of aliphatic hydroxyl groups excluding tert-OH is 3. The van der Waals surface area contributed by atoms with Gasteiger partial charge in [0.2, 0.25) is 0 Å². The molecule has 0 aliphatic carbocycles. The number of pyridine rings is 1. The molecule has 1 aromatic heterocycles. The van der Waals surface area contributed by atoms with Crippen molar-refractivity contribution in [3.63, 3.8) is 0 Å². The molecular formula is C10H14ClNO3. The first-order chi connectivity index (χ1) is 7.07. The van der Waals surface area contributed by atoms with E-state index in [1.54, 1.807) is 13.0 Å². The lowest BCUT2D eigenvalue weighted by molar-refractivity contribution is 0.00376. The zero-order valence-corrected chi connectivity index (χ0v) is 9.15. The molecule has 1 heterocycles. The monoisotopic (exact) mass is 231 g/mol. The van der Waals surface area contributed by atoms with Gasteiger partial charge >= 0.3 is 0 Å². The molecule has 0 bridgehead atoms. The Morgan fingerprint density at radius 2 is 2.13 bits per heavy atom. The second-order valence-corrected chi connectivity index (χ2v) is 3.71. The van der Waals surface area contributed by atoms with Crippen molar-refractivity contribution in [1.29, 1.82) is 0 Å². The Labute approximate surface area is 93.2 Å². The maximum Gasteiger partial charge on any atom is 0.135 e. The molecule has 0 fully saturated rings. The van der Waals surface area contributed by atoms with Crippen molar-refractivity contribution < 1.29 is 15.3 Å². The number of halogens is 1. The van der Waals surface area contributed by atoms with Crippen LogP contribution < -0.4 is 0 Å². The lowest BCUT2D eigenvalue weighted by atomic mass is 10.0. The van der Waals surface area contributed by atoms with Gasteiger partial charge in [-0.3, -0.25) is 0 Å². The minimum atomic E-state index is -1.11. The Balaban J connectivity index is 2.94. The molecule has 3 N–H and O–H groups in total. The molecule has 0 saturated carbocycles. The normalized spacial score (nSPS) is 15.0. The largest absolute Gasteiger partial charge is 0.396 e. The zero-order chi connectivity index (χ0) is 11.4. The quantitative estimate of drug-likeness (QED) is 0.671. The van der Waals surface area contributed by atoms with Crippen molar-refractivity contribution in [2.75, 3.05) is 6.61 Å². The first-order valence-corrected chi connectivity index (χ1v) is 5.03. The highest BCUT2D eigenvalue weighted by atomic mass is 35.5. The molecule has 84 valence electrons. The van der Waals surface area contributed by atoms with Crippen LogP contribution in [0.5, 0.6) is 0 Å². The molecule has 0 radical (unpaired) electrons. The zero-order valence-electron chi connectivity index (χ0n) is 8.39. The summed E-state index contributed by atoms with van der Waals surface area (Å²) in [5.41, 5.74) is 1.18. The molecule has 0 saturated heterocycles. The van der Waals surface area contributed by atoms with Gasteiger partial charge in [-0.2, -0.15) is 0 Å². The first kappa shape index (κ1) is 12.4. The SMILES string of the molecule is Cc1ccnc(Cl)c1C(O)C(O)CCO. The fourth-order valence-corrected chi connectivity index (χ4v) is 1.69. The van der Waals surface area contributed by atoms with Crippen molar-refractivity contribution in [3.05, 3.63) is 28.5 Å². The lowest BCUT2D eigenvalue weighted by Crippen LogP contribution is -2.20. The van der Waals surface area contributed by atoms with Gasteiger partial charge in [0.1, 0.15) is 11.3 Å². The average molecular weight is 232 g/mol. The summed E-state index contributed by atoms with van der Waals surface area (Å²) in [6, 6.07) is 1.70. The predicted octanol–water partition coefficient (Wildman–Crippen LogP) is 0.820. The maximum absolute atomic E-state index is 9.80. The van der Waals surface area contributed by atoms with E-state index in [4.69, 9.17) is 16.7 Å². The molecule has 5 heteroatoms. The molecule has 0 spiro atoms. The van der Waals surface area contributed by atoms with Crippen molar-refractivity contribution in [1.82, 2.24) is 4.98 Å². The van der Waals surface area contributed by atoms with E-state index in [1.807, 2.05) is 0 Å². The average Bonchev–Trinajstić information content (AvgIpc) is 2.17. The number of aliphatic hydroxyl groups is 3. The van der Waals surface area contributed by atoms with Crippen LogP contribution in [0.3, 0.4) is 0 Å². The van der Waals surface area contributed by atoms with Gasteiger partial charge in [-0.1, -0.05) is 11.6 Å². The van der Waals surface area contributed by atoms with E-state index in [-0.39, 0.29) is 18.2 Å². The molecule has 2 unspecified atom stereocenters. The van der Waals surface area contributed by atoms with Crippen LogP contribution in [0, 0.1) is 6.92 Å². The highest BCUT2D eigenvalue weighted by Crippen LogP contribution is 2.27. The number of aromatic nitrogens is 1. The summed E-state index contributed by atoms with van der Waals surface area (Å²) < 4.78 is 0. The molecule has 0 aliphatic rings. The minimum Gasteiger partial charge on any atom is -0.396 e. The third-order valence-corrected chi connectivity index (χ3v) is 2.55. The van der Waals surface area contributed by atoms with Crippen molar-refractivity contribution >= 4 is 11.6 Å². The summed E-state index contributed by atoms with van der Waals surface area (Å²) in [4.78, 5) is 3.84. The van der Waals surface area contributed by atoms with Crippen molar-refractivity contribution in [3.8, 4) is 0 Å². The number of rotatable bonds is 4. The van der Waals surface area contributed by atoms with Gasteiger partial charge in [0, 0.05) is 18.4 Å². The first-order valence-electron chi connectivity index (χ1n) is 4.66. The highest BCUT2D eigenvalue weighted by Gasteiger charge is 2.22.